The van der Waals surface area contributed by atoms with Crippen molar-refractivity contribution >= 4 is 34.8 Å². The van der Waals surface area contributed by atoms with Gasteiger partial charge in [-0.3, -0.25) is 19.4 Å². The average molecular weight is 373 g/mol. The second kappa shape index (κ2) is 5.76. The molecule has 7 heteroatoms. The summed E-state index contributed by atoms with van der Waals surface area (Å²) in [6.45, 7) is 4.62. The molecule has 2 fully saturated rings. The zero-order chi connectivity index (χ0) is 18.8. The van der Waals surface area contributed by atoms with Gasteiger partial charge in [-0.25, -0.2) is 0 Å². The molecule has 0 bridgehead atoms. The third-order valence-corrected chi connectivity index (χ3v) is 6.45. The van der Waals surface area contributed by atoms with Crippen molar-refractivity contribution in [2.75, 3.05) is 25.5 Å². The highest BCUT2D eigenvalue weighted by molar-refractivity contribution is 7.80. The van der Waals surface area contributed by atoms with Crippen LogP contribution in [-0.2, 0) is 20.7 Å². The Hall–Kier alpha value is -1.99. The zero-order valence-electron chi connectivity index (χ0n) is 15.4. The quantitative estimate of drug-likeness (QED) is 0.509. The Labute approximate surface area is 158 Å². The summed E-state index contributed by atoms with van der Waals surface area (Å²) in [6, 6.07) is 7.66. The maximum Gasteiger partial charge on any atom is 0.246 e. The van der Waals surface area contributed by atoms with Crippen LogP contribution in [0.4, 0.5) is 5.69 Å². The van der Waals surface area contributed by atoms with Gasteiger partial charge in [0.25, 0.3) is 0 Å². The maximum absolute atomic E-state index is 13.5. The Balaban J connectivity index is 1.94. The van der Waals surface area contributed by atoms with E-state index in [1.54, 1.807) is 14.1 Å². The number of ether oxygens (including phenoxy) is 1. The molecule has 3 atom stereocenters. The lowest BCUT2D eigenvalue weighted by Crippen LogP contribution is -2.75. The molecule has 138 valence electrons. The van der Waals surface area contributed by atoms with Crippen molar-refractivity contribution in [2.24, 2.45) is 5.41 Å². The number of anilines is 1. The summed E-state index contributed by atoms with van der Waals surface area (Å²) in [5.41, 5.74) is 0.880. The van der Waals surface area contributed by atoms with Gasteiger partial charge in [0.05, 0.1) is 18.2 Å². The molecule has 0 aliphatic carbocycles. The van der Waals surface area contributed by atoms with Gasteiger partial charge in [-0.1, -0.05) is 18.2 Å². The van der Waals surface area contributed by atoms with Crippen molar-refractivity contribution in [3.8, 4) is 0 Å². The van der Waals surface area contributed by atoms with E-state index in [0.29, 0.717) is 13.0 Å². The maximum atomic E-state index is 13.5. The lowest BCUT2D eigenvalue weighted by molar-refractivity contribution is -0.164. The van der Waals surface area contributed by atoms with Crippen LogP contribution in [0.25, 0.3) is 0 Å². The normalized spacial score (nSPS) is 30.5. The number of carbonyl (C=O) groups is 2. The Morgan fingerprint density at radius 1 is 1.12 bits per heavy atom. The van der Waals surface area contributed by atoms with Gasteiger partial charge in [0.15, 0.2) is 10.5 Å². The molecule has 1 aromatic carbocycles. The number of nitrogens with zero attached hydrogens (tertiary/aromatic N) is 3. The van der Waals surface area contributed by atoms with E-state index in [-0.39, 0.29) is 35.2 Å². The topological polar surface area (TPSA) is 53.1 Å². The van der Waals surface area contributed by atoms with Gasteiger partial charge in [-0.05, 0) is 44.1 Å². The van der Waals surface area contributed by atoms with Gasteiger partial charge in [0, 0.05) is 26.3 Å². The SMILES string of the molecule is CC1CN2c3ccccc3CC3(C(=O)N(C)C(=S)N(C)C3=O)C2C(C)O1. The van der Waals surface area contributed by atoms with Gasteiger partial charge < -0.3 is 9.64 Å². The van der Waals surface area contributed by atoms with Crippen LogP contribution in [0.5, 0.6) is 0 Å². The highest BCUT2D eigenvalue weighted by Crippen LogP contribution is 2.48. The van der Waals surface area contributed by atoms with Crippen molar-refractivity contribution in [3.63, 3.8) is 0 Å². The second-order valence-corrected chi connectivity index (χ2v) is 7.90. The van der Waals surface area contributed by atoms with E-state index in [9.17, 15) is 9.59 Å². The van der Waals surface area contributed by atoms with Crippen LogP contribution in [0.15, 0.2) is 24.3 Å². The molecule has 0 N–H and O–H groups in total. The van der Waals surface area contributed by atoms with Crippen molar-refractivity contribution in [1.82, 2.24) is 9.80 Å². The van der Waals surface area contributed by atoms with Gasteiger partial charge >= 0.3 is 0 Å². The average Bonchev–Trinajstić information content (AvgIpc) is 2.62. The zero-order valence-corrected chi connectivity index (χ0v) is 16.2. The number of amides is 2. The number of benzene rings is 1. The number of rotatable bonds is 0. The smallest absolute Gasteiger partial charge is 0.246 e. The molecule has 0 radical (unpaired) electrons. The molecule has 3 heterocycles. The minimum Gasteiger partial charge on any atom is -0.372 e. The van der Waals surface area contributed by atoms with Crippen LogP contribution in [0.2, 0.25) is 0 Å². The summed E-state index contributed by atoms with van der Waals surface area (Å²) in [6.07, 6.45) is 0.129. The van der Waals surface area contributed by atoms with Crippen LogP contribution >= 0.6 is 12.2 Å². The molecule has 3 unspecified atom stereocenters. The molecule has 3 aliphatic rings. The van der Waals surface area contributed by atoms with E-state index >= 15 is 0 Å². The summed E-state index contributed by atoms with van der Waals surface area (Å²) in [5, 5.41) is 0.244. The van der Waals surface area contributed by atoms with E-state index in [1.807, 2.05) is 32.0 Å². The Morgan fingerprint density at radius 3 is 2.38 bits per heavy atom. The van der Waals surface area contributed by atoms with Crippen LogP contribution in [0.1, 0.15) is 19.4 Å². The molecule has 2 saturated heterocycles. The number of thiocarbonyl (C=S) groups is 1. The lowest BCUT2D eigenvalue weighted by atomic mass is 9.66. The fourth-order valence-electron chi connectivity index (χ4n) is 4.88. The first-order valence-corrected chi connectivity index (χ1v) is 9.30. The van der Waals surface area contributed by atoms with Crippen molar-refractivity contribution in [1.29, 1.82) is 0 Å². The van der Waals surface area contributed by atoms with E-state index in [4.69, 9.17) is 17.0 Å². The largest absolute Gasteiger partial charge is 0.372 e. The number of hydrogen-bond donors (Lipinski definition) is 0. The molecule has 1 spiro atoms. The van der Waals surface area contributed by atoms with Crippen LogP contribution in [0.3, 0.4) is 0 Å². The highest BCUT2D eigenvalue weighted by atomic mass is 32.1. The summed E-state index contributed by atoms with van der Waals surface area (Å²) < 4.78 is 6.08. The van der Waals surface area contributed by atoms with Crippen LogP contribution in [0, 0.1) is 5.41 Å². The number of fused-ring (bicyclic) bond motifs is 4. The molecule has 6 nitrogen and oxygen atoms in total. The Bertz CT molecular complexity index is 787. The molecular weight excluding hydrogens is 350 g/mol. The van der Waals surface area contributed by atoms with E-state index in [0.717, 1.165) is 11.3 Å². The molecular formula is C19H23N3O3S. The van der Waals surface area contributed by atoms with Gasteiger partial charge in [-0.2, -0.15) is 0 Å². The minimum atomic E-state index is -1.22. The van der Waals surface area contributed by atoms with Gasteiger partial charge in [0.1, 0.15) is 0 Å². The number of carbonyl (C=O) groups excluding carboxylic acids is 2. The minimum absolute atomic E-state index is 0.0230. The van der Waals surface area contributed by atoms with Crippen molar-refractivity contribution in [2.45, 2.75) is 38.5 Å². The van der Waals surface area contributed by atoms with Crippen LogP contribution < -0.4 is 4.90 Å². The first-order chi connectivity index (χ1) is 12.3. The lowest BCUT2D eigenvalue weighted by Gasteiger charge is -2.57. The fraction of sp³-hybridized carbons (Fsp3) is 0.526. The van der Waals surface area contributed by atoms with Gasteiger partial charge in [-0.15, -0.1) is 0 Å². The third-order valence-electron chi connectivity index (χ3n) is 5.90. The number of morpholine rings is 1. The molecule has 3 aliphatic heterocycles. The molecule has 1 aromatic rings. The summed E-state index contributed by atoms with van der Waals surface area (Å²) in [4.78, 5) is 32.0. The Morgan fingerprint density at radius 2 is 1.73 bits per heavy atom. The number of para-hydroxylation sites is 1. The van der Waals surface area contributed by atoms with Crippen molar-refractivity contribution in [3.05, 3.63) is 29.8 Å². The highest BCUT2D eigenvalue weighted by Gasteiger charge is 2.64. The molecule has 2 amide bonds. The van der Waals surface area contributed by atoms with Crippen LogP contribution in [-0.4, -0.2) is 65.6 Å². The molecule has 26 heavy (non-hydrogen) atoms. The predicted molar refractivity (Wildman–Crippen MR) is 102 cm³/mol. The van der Waals surface area contributed by atoms with E-state index in [2.05, 4.69) is 11.0 Å². The molecule has 4 rings (SSSR count). The standard InChI is InChI=1S/C19H23N3O3S/c1-11-10-22-14-8-6-5-7-13(14)9-19(15(22)12(2)25-11)16(23)20(3)18(26)21(4)17(19)24/h5-8,11-12,15H,9-10H2,1-4H3. The summed E-state index contributed by atoms with van der Waals surface area (Å²) in [7, 11) is 3.30. The van der Waals surface area contributed by atoms with Crippen molar-refractivity contribution < 1.29 is 14.3 Å². The van der Waals surface area contributed by atoms with E-state index < -0.39 is 5.41 Å². The molecule has 0 aromatic heterocycles. The Kier molecular flexibility index (Phi) is 3.86. The predicted octanol–water partition coefficient (Wildman–Crippen LogP) is 1.43. The first kappa shape index (κ1) is 17.4. The number of hydrogen-bond acceptors (Lipinski definition) is 5. The third kappa shape index (κ3) is 2.10. The van der Waals surface area contributed by atoms with E-state index in [1.165, 1.54) is 9.80 Å². The molecule has 0 saturated carbocycles. The van der Waals surface area contributed by atoms with Gasteiger partial charge in [0.2, 0.25) is 11.8 Å². The first-order valence-electron chi connectivity index (χ1n) is 8.89. The fourth-order valence-corrected chi connectivity index (χ4v) is 5.05. The summed E-state index contributed by atoms with van der Waals surface area (Å²) >= 11 is 5.30. The summed E-state index contributed by atoms with van der Waals surface area (Å²) in [5.74, 6) is -0.472. The monoisotopic (exact) mass is 373 g/mol. The second-order valence-electron chi connectivity index (χ2n) is 7.54.